The van der Waals surface area contributed by atoms with Gasteiger partial charge in [-0.25, -0.2) is 0 Å². The van der Waals surface area contributed by atoms with Gasteiger partial charge in [0.1, 0.15) is 0 Å². The maximum atomic E-state index is 12.6. The molecule has 0 saturated heterocycles. The van der Waals surface area contributed by atoms with Gasteiger partial charge in [-0.05, 0) is 12.9 Å². The number of carbonyl (C=O) groups is 1. The van der Waals surface area contributed by atoms with Gasteiger partial charge >= 0.3 is 5.69 Å². The highest BCUT2D eigenvalue weighted by Crippen LogP contribution is 2.36. The van der Waals surface area contributed by atoms with E-state index in [1.807, 2.05) is 0 Å². The topological polar surface area (TPSA) is 101 Å². The van der Waals surface area contributed by atoms with Crippen molar-refractivity contribution in [2.24, 2.45) is 0 Å². The summed E-state index contributed by atoms with van der Waals surface area (Å²) >= 11 is 0. The van der Waals surface area contributed by atoms with E-state index in [9.17, 15) is 25.1 Å². The standard InChI is InChI=1S/C14H11NO5/c1-8-2-4-9(5-3-8)13(17)10-6-11(15(19)20)14(18)12(16)7-10/h2-7,16,18H,1H3/i1D3,2D,3D,4D,5D. The summed E-state index contributed by atoms with van der Waals surface area (Å²) in [6, 6.07) is -2.52. The first kappa shape index (κ1) is 7.04. The summed E-state index contributed by atoms with van der Waals surface area (Å²) in [5, 5.41) is 30.0. The minimum atomic E-state index is -2.96. The van der Waals surface area contributed by atoms with Crippen molar-refractivity contribution >= 4 is 11.5 Å². The van der Waals surface area contributed by atoms with Gasteiger partial charge in [0, 0.05) is 21.3 Å². The molecule has 0 unspecified atom stereocenters. The summed E-state index contributed by atoms with van der Waals surface area (Å²) in [5.74, 6) is -3.31. The molecule has 2 aromatic rings. The minimum absolute atomic E-state index is 0.584. The smallest absolute Gasteiger partial charge is 0.315 e. The Balaban J connectivity index is 2.77. The van der Waals surface area contributed by atoms with Crippen LogP contribution in [-0.2, 0) is 0 Å². The summed E-state index contributed by atoms with van der Waals surface area (Å²) < 4.78 is 53.2. The number of hydrogen-bond donors (Lipinski definition) is 2. The molecule has 0 aromatic heterocycles. The maximum absolute atomic E-state index is 12.6. The average molecular weight is 280 g/mol. The van der Waals surface area contributed by atoms with Gasteiger partial charge in [-0.1, -0.05) is 29.7 Å². The highest BCUT2D eigenvalue weighted by molar-refractivity contribution is 6.09. The second-order valence-corrected chi connectivity index (χ2v) is 3.70. The van der Waals surface area contributed by atoms with E-state index in [-0.39, 0.29) is 0 Å². The van der Waals surface area contributed by atoms with Crippen LogP contribution >= 0.6 is 0 Å². The Labute approximate surface area is 123 Å². The van der Waals surface area contributed by atoms with Gasteiger partial charge in [0.15, 0.2) is 11.5 Å². The van der Waals surface area contributed by atoms with E-state index >= 15 is 0 Å². The molecular formula is C14H11NO5. The normalized spacial score (nSPS) is 15.9. The Bertz CT molecular complexity index is 958. The van der Waals surface area contributed by atoms with Gasteiger partial charge in [-0.2, -0.15) is 0 Å². The lowest BCUT2D eigenvalue weighted by atomic mass is 10.0. The second-order valence-electron chi connectivity index (χ2n) is 3.70. The van der Waals surface area contributed by atoms with Crippen LogP contribution in [0.2, 0.25) is 0 Å². The molecule has 2 rings (SSSR count). The van der Waals surface area contributed by atoms with Crippen LogP contribution < -0.4 is 0 Å². The van der Waals surface area contributed by atoms with E-state index in [1.54, 1.807) is 0 Å². The zero-order valence-electron chi connectivity index (χ0n) is 16.7. The SMILES string of the molecule is [2H]c1c([2H])c(C([2H])([2H])[2H])c([2H])c([2H])c1C(=O)c1cc(O)c(O)c([N+](=O)[O-])c1. The van der Waals surface area contributed by atoms with Crippen molar-refractivity contribution in [1.29, 1.82) is 0 Å². The van der Waals surface area contributed by atoms with Gasteiger partial charge in [-0.3, -0.25) is 14.9 Å². The van der Waals surface area contributed by atoms with Crippen molar-refractivity contribution in [3.05, 3.63) is 63.1 Å². The number of nitro benzene ring substituents is 1. The van der Waals surface area contributed by atoms with Crippen molar-refractivity contribution in [2.75, 3.05) is 0 Å². The summed E-state index contributed by atoms with van der Waals surface area (Å²) in [6.07, 6.45) is 0. The Hall–Kier alpha value is -2.89. The molecule has 0 heterocycles. The molecule has 0 saturated carbocycles. The van der Waals surface area contributed by atoms with Crippen molar-refractivity contribution in [3.63, 3.8) is 0 Å². The van der Waals surface area contributed by atoms with E-state index in [1.165, 1.54) is 0 Å². The molecule has 0 atom stereocenters. The van der Waals surface area contributed by atoms with Crippen LogP contribution in [0.3, 0.4) is 0 Å². The molecule has 102 valence electrons. The molecular weight excluding hydrogens is 262 g/mol. The molecule has 0 aliphatic heterocycles. The van der Waals surface area contributed by atoms with Crippen LogP contribution in [-0.4, -0.2) is 20.9 Å². The van der Waals surface area contributed by atoms with Crippen LogP contribution in [0.15, 0.2) is 36.3 Å². The Morgan fingerprint density at radius 2 is 1.90 bits per heavy atom. The number of rotatable bonds is 3. The predicted molar refractivity (Wildman–Crippen MR) is 71.0 cm³/mol. The molecule has 0 fully saturated rings. The summed E-state index contributed by atoms with van der Waals surface area (Å²) in [5.41, 5.74) is -3.28. The number of hydrogen-bond acceptors (Lipinski definition) is 5. The number of phenolic OH excluding ortho intramolecular Hbond substituents is 2. The number of ketones is 1. The fourth-order valence-corrected chi connectivity index (χ4v) is 1.44. The lowest BCUT2D eigenvalue weighted by Gasteiger charge is -2.05. The molecule has 20 heavy (non-hydrogen) atoms. The van der Waals surface area contributed by atoms with Crippen LogP contribution in [0, 0.1) is 17.0 Å². The number of aromatic hydroxyl groups is 2. The minimum Gasteiger partial charge on any atom is -0.504 e. The third-order valence-electron chi connectivity index (χ3n) is 2.38. The maximum Gasteiger partial charge on any atom is 0.315 e. The van der Waals surface area contributed by atoms with Crippen molar-refractivity contribution in [3.8, 4) is 11.5 Å². The first-order chi connectivity index (χ1) is 12.3. The van der Waals surface area contributed by atoms with Gasteiger partial charge in [0.05, 0.1) is 10.4 Å². The molecule has 0 bridgehead atoms. The van der Waals surface area contributed by atoms with Gasteiger partial charge in [0.2, 0.25) is 5.75 Å². The van der Waals surface area contributed by atoms with Gasteiger partial charge in [0.25, 0.3) is 0 Å². The number of nitro groups is 1. The number of phenols is 2. The Morgan fingerprint density at radius 3 is 2.45 bits per heavy atom. The monoisotopic (exact) mass is 280 g/mol. The van der Waals surface area contributed by atoms with Crippen LogP contribution in [0.1, 0.15) is 31.1 Å². The molecule has 2 aromatic carbocycles. The molecule has 0 aliphatic rings. The molecule has 0 radical (unpaired) electrons. The molecule has 0 spiro atoms. The molecule has 6 heteroatoms. The fraction of sp³-hybridized carbons (Fsp3) is 0.0714. The van der Waals surface area contributed by atoms with Gasteiger partial charge < -0.3 is 10.2 Å². The van der Waals surface area contributed by atoms with Crippen molar-refractivity contribution in [1.82, 2.24) is 0 Å². The van der Waals surface area contributed by atoms with Crippen LogP contribution in [0.4, 0.5) is 5.69 Å². The lowest BCUT2D eigenvalue weighted by molar-refractivity contribution is -0.386. The van der Waals surface area contributed by atoms with E-state index in [0.29, 0.717) is 12.1 Å². The zero-order valence-corrected chi connectivity index (χ0v) is 9.72. The molecule has 0 aliphatic carbocycles. The third-order valence-corrected chi connectivity index (χ3v) is 2.38. The van der Waals surface area contributed by atoms with E-state index in [4.69, 9.17) is 9.60 Å². The van der Waals surface area contributed by atoms with Gasteiger partial charge in [-0.15, -0.1) is 0 Å². The summed E-state index contributed by atoms with van der Waals surface area (Å²) in [4.78, 5) is 22.5. The molecule has 0 amide bonds. The average Bonchev–Trinajstić information content (AvgIpc) is 2.54. The number of nitrogens with zero attached hydrogens (tertiary/aromatic N) is 1. The summed E-state index contributed by atoms with van der Waals surface area (Å²) in [6.45, 7) is -2.96. The lowest BCUT2D eigenvalue weighted by Crippen LogP contribution is -2.02. The highest BCUT2D eigenvalue weighted by atomic mass is 16.6. The zero-order chi connectivity index (χ0) is 20.8. The molecule has 6 nitrogen and oxygen atoms in total. The van der Waals surface area contributed by atoms with Crippen LogP contribution in [0.25, 0.3) is 0 Å². The van der Waals surface area contributed by atoms with Crippen molar-refractivity contribution in [2.45, 2.75) is 6.85 Å². The number of carbonyl (C=O) groups excluding carboxylic acids is 1. The van der Waals surface area contributed by atoms with Crippen molar-refractivity contribution < 1.29 is 29.5 Å². The van der Waals surface area contributed by atoms with Crippen LogP contribution in [0.5, 0.6) is 11.5 Å². The summed E-state index contributed by atoms with van der Waals surface area (Å²) in [7, 11) is 0. The number of benzene rings is 2. The Morgan fingerprint density at radius 1 is 1.25 bits per heavy atom. The predicted octanol–water partition coefficient (Wildman–Crippen LogP) is 2.55. The van der Waals surface area contributed by atoms with E-state index in [0.717, 1.165) is 0 Å². The second kappa shape index (κ2) is 5.00. The Kier molecular flexibility index (Phi) is 1.76. The largest absolute Gasteiger partial charge is 0.504 e. The first-order valence-corrected chi connectivity index (χ1v) is 5.14. The quantitative estimate of drug-likeness (QED) is 0.389. The fourth-order valence-electron chi connectivity index (χ4n) is 1.44. The molecule has 2 N–H and O–H groups in total. The third kappa shape index (κ3) is 2.44. The van der Waals surface area contributed by atoms with E-state index in [2.05, 4.69) is 0 Å². The van der Waals surface area contributed by atoms with E-state index < -0.39 is 75.6 Å². The highest BCUT2D eigenvalue weighted by Gasteiger charge is 2.22. The first-order valence-electron chi connectivity index (χ1n) is 8.64.